The normalized spacial score (nSPS) is 11.2. The molecule has 0 fully saturated rings. The van der Waals surface area contributed by atoms with Gasteiger partial charge in [0.2, 0.25) is 0 Å². The first kappa shape index (κ1) is 14.9. The van der Waals surface area contributed by atoms with Gasteiger partial charge < -0.3 is 9.47 Å². The molecule has 0 aliphatic carbocycles. The Labute approximate surface area is 120 Å². The summed E-state index contributed by atoms with van der Waals surface area (Å²) in [5, 5.41) is 9.07. The fraction of sp³-hybridized carbons (Fsp3) is 0.286. The Morgan fingerprint density at radius 1 is 1.38 bits per heavy atom. The zero-order chi connectivity index (χ0) is 15.6. The number of nitriles is 1. The molecule has 110 valence electrons. The number of alkyl halides is 3. The quantitative estimate of drug-likeness (QED) is 0.874. The van der Waals surface area contributed by atoms with Crippen LogP contribution < -0.4 is 4.90 Å². The van der Waals surface area contributed by atoms with E-state index in [9.17, 15) is 13.2 Å². The molecule has 0 radical (unpaired) electrons. The Hall–Kier alpha value is -2.49. The van der Waals surface area contributed by atoms with Crippen molar-refractivity contribution in [1.82, 2.24) is 9.55 Å². The van der Waals surface area contributed by atoms with E-state index in [0.29, 0.717) is 6.54 Å². The van der Waals surface area contributed by atoms with E-state index in [4.69, 9.17) is 5.26 Å². The van der Waals surface area contributed by atoms with Crippen LogP contribution in [0.1, 0.15) is 16.8 Å². The van der Waals surface area contributed by atoms with Gasteiger partial charge >= 0.3 is 6.18 Å². The second-order valence-electron chi connectivity index (χ2n) is 4.69. The third-order valence-electron chi connectivity index (χ3n) is 3.17. The van der Waals surface area contributed by atoms with E-state index < -0.39 is 11.7 Å². The second-order valence-corrected chi connectivity index (χ2v) is 4.69. The molecule has 0 aliphatic heterocycles. The summed E-state index contributed by atoms with van der Waals surface area (Å²) in [5.74, 6) is 0. The molecule has 0 saturated heterocycles. The molecular weight excluding hydrogens is 281 g/mol. The predicted octanol–water partition coefficient (Wildman–Crippen LogP) is 2.95. The van der Waals surface area contributed by atoms with Crippen LogP contribution in [0.25, 0.3) is 0 Å². The zero-order valence-electron chi connectivity index (χ0n) is 11.5. The van der Waals surface area contributed by atoms with Gasteiger partial charge in [-0.2, -0.15) is 18.4 Å². The Kier molecular flexibility index (Phi) is 3.89. The lowest BCUT2D eigenvalue weighted by atomic mass is 10.1. The summed E-state index contributed by atoms with van der Waals surface area (Å²) in [5.41, 5.74) is 0.508. The number of anilines is 1. The molecule has 2 rings (SSSR count). The van der Waals surface area contributed by atoms with Crippen molar-refractivity contribution < 1.29 is 13.2 Å². The van der Waals surface area contributed by atoms with Crippen LogP contribution in [0.15, 0.2) is 30.7 Å². The molecule has 0 N–H and O–H groups in total. The number of rotatable bonds is 3. The van der Waals surface area contributed by atoms with Gasteiger partial charge in [-0.25, -0.2) is 4.98 Å². The van der Waals surface area contributed by atoms with Gasteiger partial charge in [0.15, 0.2) is 0 Å². The standard InChI is InChI=1S/C14H13F3N4/c1-20(8-12-7-19-9-21(12)2)13-5-11(14(15,16)17)4-3-10(13)6-18/h3-5,7,9H,8H2,1-2H3. The van der Waals surface area contributed by atoms with Crippen molar-refractivity contribution in [2.45, 2.75) is 12.7 Å². The van der Waals surface area contributed by atoms with Crippen molar-refractivity contribution in [1.29, 1.82) is 5.26 Å². The summed E-state index contributed by atoms with van der Waals surface area (Å²) < 4.78 is 40.2. The topological polar surface area (TPSA) is 44.9 Å². The van der Waals surface area contributed by atoms with Gasteiger partial charge in [0.05, 0.1) is 35.4 Å². The number of imidazole rings is 1. The van der Waals surface area contributed by atoms with E-state index in [1.165, 1.54) is 6.07 Å². The minimum Gasteiger partial charge on any atom is -0.368 e. The molecule has 0 bridgehead atoms. The highest BCUT2D eigenvalue weighted by Crippen LogP contribution is 2.33. The molecule has 0 spiro atoms. The number of hydrogen-bond acceptors (Lipinski definition) is 3. The maximum atomic E-state index is 12.8. The van der Waals surface area contributed by atoms with Gasteiger partial charge in [0.1, 0.15) is 6.07 Å². The third kappa shape index (κ3) is 3.16. The van der Waals surface area contributed by atoms with Gasteiger partial charge in [-0.1, -0.05) is 0 Å². The molecule has 7 heteroatoms. The Morgan fingerprint density at radius 2 is 2.10 bits per heavy atom. The molecule has 0 atom stereocenters. The fourth-order valence-corrected chi connectivity index (χ4v) is 1.98. The van der Waals surface area contributed by atoms with Crippen LogP contribution in [0, 0.1) is 11.3 Å². The number of benzene rings is 1. The molecule has 4 nitrogen and oxygen atoms in total. The van der Waals surface area contributed by atoms with Crippen LogP contribution in [0.2, 0.25) is 0 Å². The molecular formula is C14H13F3N4. The Balaban J connectivity index is 2.37. The first-order valence-corrected chi connectivity index (χ1v) is 6.10. The SMILES string of the molecule is CN(Cc1cncn1C)c1cc(C(F)(F)F)ccc1C#N. The first-order chi connectivity index (χ1) is 9.82. The van der Waals surface area contributed by atoms with Crippen molar-refractivity contribution in [3.63, 3.8) is 0 Å². The summed E-state index contributed by atoms with van der Waals surface area (Å²) in [4.78, 5) is 5.56. The average molecular weight is 294 g/mol. The lowest BCUT2D eigenvalue weighted by molar-refractivity contribution is -0.137. The van der Waals surface area contributed by atoms with Crippen LogP contribution in [-0.4, -0.2) is 16.6 Å². The molecule has 1 aromatic carbocycles. The largest absolute Gasteiger partial charge is 0.416 e. The van der Waals surface area contributed by atoms with E-state index in [2.05, 4.69) is 4.98 Å². The van der Waals surface area contributed by atoms with Crippen LogP contribution in [0.4, 0.5) is 18.9 Å². The monoisotopic (exact) mass is 294 g/mol. The summed E-state index contributed by atoms with van der Waals surface area (Å²) in [6, 6.07) is 5.02. The zero-order valence-corrected chi connectivity index (χ0v) is 11.5. The minimum absolute atomic E-state index is 0.202. The van der Waals surface area contributed by atoms with Gasteiger partial charge in [0.25, 0.3) is 0 Å². The summed E-state index contributed by atoms with van der Waals surface area (Å²) in [6.45, 7) is 0.354. The molecule has 1 aromatic heterocycles. The van der Waals surface area contributed by atoms with E-state index >= 15 is 0 Å². The van der Waals surface area contributed by atoms with Crippen molar-refractivity contribution in [2.24, 2.45) is 7.05 Å². The maximum Gasteiger partial charge on any atom is 0.416 e. The second kappa shape index (κ2) is 5.48. The fourth-order valence-electron chi connectivity index (χ4n) is 1.98. The summed E-state index contributed by atoms with van der Waals surface area (Å²) in [6.07, 6.45) is -1.19. The van der Waals surface area contributed by atoms with Gasteiger partial charge in [-0.15, -0.1) is 0 Å². The molecule has 0 saturated carbocycles. The van der Waals surface area contributed by atoms with Crippen molar-refractivity contribution in [2.75, 3.05) is 11.9 Å². The highest BCUT2D eigenvalue weighted by Gasteiger charge is 2.31. The van der Waals surface area contributed by atoms with Crippen molar-refractivity contribution in [3.05, 3.63) is 47.5 Å². The molecule has 0 amide bonds. The minimum atomic E-state index is -4.43. The summed E-state index contributed by atoms with van der Waals surface area (Å²) in [7, 11) is 3.44. The van der Waals surface area contributed by atoms with Crippen molar-refractivity contribution >= 4 is 5.69 Å². The van der Waals surface area contributed by atoms with Gasteiger partial charge in [-0.3, -0.25) is 0 Å². The summed E-state index contributed by atoms with van der Waals surface area (Å²) >= 11 is 0. The Bertz CT molecular complexity index is 682. The number of aromatic nitrogens is 2. The van der Waals surface area contributed by atoms with Gasteiger partial charge in [-0.05, 0) is 18.2 Å². The van der Waals surface area contributed by atoms with E-state index in [1.807, 2.05) is 6.07 Å². The van der Waals surface area contributed by atoms with Crippen LogP contribution in [0.3, 0.4) is 0 Å². The molecule has 21 heavy (non-hydrogen) atoms. The third-order valence-corrected chi connectivity index (χ3v) is 3.17. The van der Waals surface area contributed by atoms with Crippen LogP contribution in [0.5, 0.6) is 0 Å². The molecule has 0 unspecified atom stereocenters. The van der Waals surface area contributed by atoms with Gasteiger partial charge in [0, 0.05) is 20.3 Å². The number of halogens is 3. The van der Waals surface area contributed by atoms with Crippen molar-refractivity contribution in [3.8, 4) is 6.07 Å². The molecule has 1 heterocycles. The predicted molar refractivity (Wildman–Crippen MR) is 71.5 cm³/mol. The number of aryl methyl sites for hydroxylation is 1. The van der Waals surface area contributed by atoms with Crippen LogP contribution >= 0.6 is 0 Å². The average Bonchev–Trinajstić information content (AvgIpc) is 2.82. The number of hydrogen-bond donors (Lipinski definition) is 0. The van der Waals surface area contributed by atoms with E-state index in [1.54, 1.807) is 36.1 Å². The highest BCUT2D eigenvalue weighted by atomic mass is 19.4. The Morgan fingerprint density at radius 3 is 2.62 bits per heavy atom. The lowest BCUT2D eigenvalue weighted by Crippen LogP contribution is -2.20. The van der Waals surface area contributed by atoms with E-state index in [0.717, 1.165) is 17.8 Å². The molecule has 0 aliphatic rings. The van der Waals surface area contributed by atoms with E-state index in [-0.39, 0.29) is 11.3 Å². The van der Waals surface area contributed by atoms with Crippen LogP contribution in [-0.2, 0) is 19.8 Å². The first-order valence-electron chi connectivity index (χ1n) is 6.10. The smallest absolute Gasteiger partial charge is 0.368 e. The molecule has 2 aromatic rings. The highest BCUT2D eigenvalue weighted by molar-refractivity contribution is 5.60. The maximum absolute atomic E-state index is 12.8. The number of nitrogens with zero attached hydrogens (tertiary/aromatic N) is 4. The lowest BCUT2D eigenvalue weighted by Gasteiger charge is -2.22.